The highest BCUT2D eigenvalue weighted by atomic mass is 35.5. The number of hydrogen-bond donors (Lipinski definition) is 2. The van der Waals surface area contributed by atoms with E-state index >= 15 is 0 Å². The smallest absolute Gasteiger partial charge is 0.279 e. The molecule has 1 unspecified atom stereocenters. The number of nitrogens with one attached hydrogen (secondary N) is 2. The second-order valence-electron chi connectivity index (χ2n) is 6.24. The van der Waals surface area contributed by atoms with Gasteiger partial charge in [0.25, 0.3) is 11.8 Å². The topological polar surface area (TPSA) is 76.7 Å². The number of hydrazine groups is 1. The van der Waals surface area contributed by atoms with Crippen molar-refractivity contribution in [1.82, 2.24) is 10.9 Å². The molecule has 2 N–H and O–H groups in total. The molecule has 0 aliphatic heterocycles. The van der Waals surface area contributed by atoms with Crippen molar-refractivity contribution in [3.8, 4) is 11.5 Å². The summed E-state index contributed by atoms with van der Waals surface area (Å²) in [5.74, 6) is 0.182. The first-order valence-corrected chi connectivity index (χ1v) is 8.85. The van der Waals surface area contributed by atoms with E-state index in [9.17, 15) is 9.59 Å². The highest BCUT2D eigenvalue weighted by Crippen LogP contribution is 2.21. The van der Waals surface area contributed by atoms with Crippen molar-refractivity contribution in [3.63, 3.8) is 0 Å². The monoisotopic (exact) mass is 390 g/mol. The van der Waals surface area contributed by atoms with Crippen LogP contribution in [0.25, 0.3) is 0 Å². The van der Waals surface area contributed by atoms with E-state index < -0.39 is 17.9 Å². The molecule has 0 aromatic heterocycles. The van der Waals surface area contributed by atoms with Crippen molar-refractivity contribution in [3.05, 3.63) is 58.1 Å². The SMILES string of the molecule is Cc1ccc(OC(C)C(=O)NNC(=O)COc2ccc(Cl)cc2C)cc1C. The lowest BCUT2D eigenvalue weighted by Crippen LogP contribution is -2.48. The van der Waals surface area contributed by atoms with Gasteiger partial charge in [-0.25, -0.2) is 0 Å². The zero-order valence-electron chi connectivity index (χ0n) is 15.8. The van der Waals surface area contributed by atoms with Crippen LogP contribution in [0.4, 0.5) is 0 Å². The number of ether oxygens (including phenoxy) is 2. The molecule has 27 heavy (non-hydrogen) atoms. The third-order valence-electron chi connectivity index (χ3n) is 3.98. The summed E-state index contributed by atoms with van der Waals surface area (Å²) in [4.78, 5) is 23.9. The average molecular weight is 391 g/mol. The Kier molecular flexibility index (Phi) is 7.07. The normalized spacial score (nSPS) is 11.4. The minimum Gasteiger partial charge on any atom is -0.483 e. The van der Waals surface area contributed by atoms with E-state index in [1.165, 1.54) is 0 Å². The quantitative estimate of drug-likeness (QED) is 0.742. The Morgan fingerprint density at radius 1 is 1.00 bits per heavy atom. The number of carbonyl (C=O) groups excluding carboxylic acids is 2. The Hall–Kier alpha value is -2.73. The number of amides is 2. The van der Waals surface area contributed by atoms with Gasteiger partial charge in [0.05, 0.1) is 0 Å². The molecule has 0 radical (unpaired) electrons. The highest BCUT2D eigenvalue weighted by molar-refractivity contribution is 6.30. The fraction of sp³-hybridized carbons (Fsp3) is 0.300. The Labute approximate surface area is 163 Å². The maximum absolute atomic E-state index is 12.1. The summed E-state index contributed by atoms with van der Waals surface area (Å²) in [6, 6.07) is 10.7. The van der Waals surface area contributed by atoms with Crippen molar-refractivity contribution >= 4 is 23.4 Å². The maximum atomic E-state index is 12.1. The van der Waals surface area contributed by atoms with Gasteiger partial charge in [-0.05, 0) is 74.7 Å². The zero-order valence-corrected chi connectivity index (χ0v) is 16.5. The third kappa shape index (κ3) is 6.18. The predicted octanol–water partition coefficient (Wildman–Crippen LogP) is 3.26. The molecule has 2 aromatic carbocycles. The van der Waals surface area contributed by atoms with Crippen LogP contribution in [-0.2, 0) is 9.59 Å². The van der Waals surface area contributed by atoms with Crippen molar-refractivity contribution in [2.75, 3.05) is 6.61 Å². The van der Waals surface area contributed by atoms with Crippen LogP contribution in [0.5, 0.6) is 11.5 Å². The van der Waals surface area contributed by atoms with E-state index in [1.54, 1.807) is 31.2 Å². The van der Waals surface area contributed by atoms with Gasteiger partial charge in [-0.1, -0.05) is 17.7 Å². The molecule has 0 spiro atoms. The van der Waals surface area contributed by atoms with Crippen LogP contribution in [0.15, 0.2) is 36.4 Å². The molecule has 7 heteroatoms. The average Bonchev–Trinajstić information content (AvgIpc) is 2.62. The lowest BCUT2D eigenvalue weighted by atomic mass is 10.1. The van der Waals surface area contributed by atoms with Gasteiger partial charge in [0.15, 0.2) is 12.7 Å². The first kappa shape index (κ1) is 20.6. The summed E-state index contributed by atoms with van der Waals surface area (Å²) >= 11 is 5.87. The number of aryl methyl sites for hydroxylation is 3. The Bertz CT molecular complexity index is 839. The molecule has 0 bridgehead atoms. The molecule has 0 heterocycles. The van der Waals surface area contributed by atoms with Gasteiger partial charge in [0.2, 0.25) is 0 Å². The second kappa shape index (κ2) is 9.28. The molecule has 2 rings (SSSR count). The summed E-state index contributed by atoms with van der Waals surface area (Å²) in [5.41, 5.74) is 7.65. The molecule has 0 saturated carbocycles. The lowest BCUT2D eigenvalue weighted by molar-refractivity contribution is -0.133. The van der Waals surface area contributed by atoms with Gasteiger partial charge >= 0.3 is 0 Å². The van der Waals surface area contributed by atoms with E-state index in [2.05, 4.69) is 10.9 Å². The number of rotatable bonds is 6. The molecule has 144 valence electrons. The molecule has 2 aromatic rings. The van der Waals surface area contributed by atoms with Crippen molar-refractivity contribution in [2.24, 2.45) is 0 Å². The second-order valence-corrected chi connectivity index (χ2v) is 6.68. The van der Waals surface area contributed by atoms with E-state index in [0.29, 0.717) is 16.5 Å². The first-order valence-electron chi connectivity index (χ1n) is 8.48. The molecule has 0 aliphatic rings. The molecule has 1 atom stereocenters. The zero-order chi connectivity index (χ0) is 20.0. The largest absolute Gasteiger partial charge is 0.483 e. The summed E-state index contributed by atoms with van der Waals surface area (Å²) < 4.78 is 11.0. The minimum atomic E-state index is -0.771. The summed E-state index contributed by atoms with van der Waals surface area (Å²) in [5, 5.41) is 0.592. The van der Waals surface area contributed by atoms with Crippen LogP contribution in [0, 0.1) is 20.8 Å². The maximum Gasteiger partial charge on any atom is 0.279 e. The summed E-state index contributed by atoms with van der Waals surface area (Å²) in [6.45, 7) is 7.15. The third-order valence-corrected chi connectivity index (χ3v) is 4.22. The highest BCUT2D eigenvalue weighted by Gasteiger charge is 2.16. The van der Waals surface area contributed by atoms with Crippen LogP contribution in [0.3, 0.4) is 0 Å². The predicted molar refractivity (Wildman–Crippen MR) is 104 cm³/mol. The first-order chi connectivity index (χ1) is 12.8. The summed E-state index contributed by atoms with van der Waals surface area (Å²) in [6.07, 6.45) is -0.771. The lowest BCUT2D eigenvalue weighted by Gasteiger charge is -2.16. The van der Waals surface area contributed by atoms with E-state index in [1.807, 2.05) is 32.9 Å². The number of hydrogen-bond acceptors (Lipinski definition) is 4. The standard InChI is InChI=1S/C20H23ClN2O4/c1-12-5-7-17(10-13(12)2)27-15(4)20(25)23-22-19(24)11-26-18-8-6-16(21)9-14(18)3/h5-10,15H,11H2,1-4H3,(H,22,24)(H,23,25). The Morgan fingerprint density at radius 3 is 2.41 bits per heavy atom. The number of halogens is 1. The number of carbonyl (C=O) groups is 2. The van der Waals surface area contributed by atoms with Gasteiger partial charge in [0.1, 0.15) is 11.5 Å². The van der Waals surface area contributed by atoms with Crippen molar-refractivity contribution in [1.29, 1.82) is 0 Å². The Morgan fingerprint density at radius 2 is 1.74 bits per heavy atom. The van der Waals surface area contributed by atoms with Gasteiger partial charge in [-0.15, -0.1) is 0 Å². The van der Waals surface area contributed by atoms with Crippen LogP contribution in [0.2, 0.25) is 5.02 Å². The van der Waals surface area contributed by atoms with Crippen molar-refractivity contribution < 1.29 is 19.1 Å². The molecular formula is C20H23ClN2O4. The van der Waals surface area contributed by atoms with Crippen LogP contribution >= 0.6 is 11.6 Å². The molecule has 6 nitrogen and oxygen atoms in total. The van der Waals surface area contributed by atoms with E-state index in [4.69, 9.17) is 21.1 Å². The molecule has 0 aliphatic carbocycles. The minimum absolute atomic E-state index is 0.241. The van der Waals surface area contributed by atoms with Crippen LogP contribution in [-0.4, -0.2) is 24.5 Å². The van der Waals surface area contributed by atoms with E-state index in [0.717, 1.165) is 16.7 Å². The van der Waals surface area contributed by atoms with E-state index in [-0.39, 0.29) is 6.61 Å². The van der Waals surface area contributed by atoms with Gasteiger partial charge in [-0.2, -0.15) is 0 Å². The van der Waals surface area contributed by atoms with Crippen LogP contribution < -0.4 is 20.3 Å². The molecule has 0 saturated heterocycles. The van der Waals surface area contributed by atoms with Gasteiger partial charge in [0, 0.05) is 5.02 Å². The molecule has 2 amide bonds. The van der Waals surface area contributed by atoms with Gasteiger partial charge < -0.3 is 9.47 Å². The fourth-order valence-electron chi connectivity index (χ4n) is 2.23. The summed E-state index contributed by atoms with van der Waals surface area (Å²) in [7, 11) is 0. The van der Waals surface area contributed by atoms with Gasteiger partial charge in [-0.3, -0.25) is 20.4 Å². The number of benzene rings is 2. The molecular weight excluding hydrogens is 368 g/mol. The molecule has 0 fully saturated rings. The fourth-order valence-corrected chi connectivity index (χ4v) is 2.46. The Balaban J connectivity index is 1.78. The van der Waals surface area contributed by atoms with Crippen molar-refractivity contribution in [2.45, 2.75) is 33.8 Å². The van der Waals surface area contributed by atoms with Crippen LogP contribution in [0.1, 0.15) is 23.6 Å².